The SMILES string of the molecule is CC(C)(C)c1ccc(Nc2ccc3oc(=O)ccc3c2)cc1. The molecule has 0 radical (unpaired) electrons. The zero-order valence-corrected chi connectivity index (χ0v) is 13.0. The third-order valence-electron chi connectivity index (χ3n) is 3.66. The first kappa shape index (κ1) is 14.4. The Balaban J connectivity index is 1.86. The van der Waals surface area contributed by atoms with E-state index < -0.39 is 0 Å². The van der Waals surface area contributed by atoms with Crippen LogP contribution in [-0.2, 0) is 5.41 Å². The van der Waals surface area contributed by atoms with Crippen LogP contribution >= 0.6 is 0 Å². The van der Waals surface area contributed by atoms with Gasteiger partial charge in [0, 0.05) is 22.8 Å². The Kier molecular flexibility index (Phi) is 3.49. The van der Waals surface area contributed by atoms with Crippen LogP contribution in [-0.4, -0.2) is 0 Å². The normalized spacial score (nSPS) is 11.6. The van der Waals surface area contributed by atoms with E-state index in [2.05, 4.69) is 50.4 Å². The smallest absolute Gasteiger partial charge is 0.336 e. The summed E-state index contributed by atoms with van der Waals surface area (Å²) in [6, 6.07) is 17.3. The third-order valence-corrected chi connectivity index (χ3v) is 3.66. The Bertz CT molecular complexity index is 855. The van der Waals surface area contributed by atoms with Crippen LogP contribution in [0.25, 0.3) is 11.0 Å². The molecule has 1 heterocycles. The van der Waals surface area contributed by atoms with E-state index in [1.807, 2.05) is 18.2 Å². The number of nitrogens with one attached hydrogen (secondary N) is 1. The van der Waals surface area contributed by atoms with Gasteiger partial charge in [0.1, 0.15) is 5.58 Å². The molecule has 2 aromatic carbocycles. The number of fused-ring (bicyclic) bond motifs is 1. The summed E-state index contributed by atoms with van der Waals surface area (Å²) in [5, 5.41) is 4.27. The van der Waals surface area contributed by atoms with Crippen LogP contribution in [0, 0.1) is 0 Å². The molecule has 0 saturated heterocycles. The minimum absolute atomic E-state index is 0.152. The van der Waals surface area contributed by atoms with Crippen LogP contribution in [0.5, 0.6) is 0 Å². The second kappa shape index (κ2) is 5.34. The second-order valence-corrected chi connectivity index (χ2v) is 6.46. The molecule has 0 atom stereocenters. The number of rotatable bonds is 2. The summed E-state index contributed by atoms with van der Waals surface area (Å²) in [5.41, 5.74) is 3.72. The molecule has 22 heavy (non-hydrogen) atoms. The maximum Gasteiger partial charge on any atom is 0.336 e. The molecule has 0 bridgehead atoms. The molecule has 3 aromatic rings. The van der Waals surface area contributed by atoms with Crippen LogP contribution in [0.2, 0.25) is 0 Å². The Morgan fingerprint density at radius 3 is 2.23 bits per heavy atom. The van der Waals surface area contributed by atoms with E-state index in [0.717, 1.165) is 16.8 Å². The van der Waals surface area contributed by atoms with Gasteiger partial charge >= 0.3 is 5.63 Å². The summed E-state index contributed by atoms with van der Waals surface area (Å²) in [6.07, 6.45) is 0. The van der Waals surface area contributed by atoms with Crippen molar-refractivity contribution in [2.75, 3.05) is 5.32 Å². The average Bonchev–Trinajstić information content (AvgIpc) is 2.47. The molecule has 0 aliphatic rings. The van der Waals surface area contributed by atoms with Crippen molar-refractivity contribution in [3.8, 4) is 0 Å². The van der Waals surface area contributed by atoms with E-state index in [9.17, 15) is 4.79 Å². The molecule has 3 nitrogen and oxygen atoms in total. The van der Waals surface area contributed by atoms with Gasteiger partial charge in [-0.3, -0.25) is 0 Å². The van der Waals surface area contributed by atoms with Gasteiger partial charge in [-0.05, 0) is 47.4 Å². The fourth-order valence-electron chi connectivity index (χ4n) is 2.37. The van der Waals surface area contributed by atoms with Crippen molar-refractivity contribution in [1.29, 1.82) is 0 Å². The number of benzene rings is 2. The van der Waals surface area contributed by atoms with E-state index in [1.165, 1.54) is 11.6 Å². The molecule has 0 aliphatic heterocycles. The lowest BCUT2D eigenvalue weighted by atomic mass is 9.87. The van der Waals surface area contributed by atoms with Crippen LogP contribution in [0.3, 0.4) is 0 Å². The van der Waals surface area contributed by atoms with Crippen LogP contribution < -0.4 is 10.9 Å². The van der Waals surface area contributed by atoms with Gasteiger partial charge in [0.15, 0.2) is 0 Å². The van der Waals surface area contributed by atoms with Gasteiger partial charge in [-0.25, -0.2) is 4.79 Å². The van der Waals surface area contributed by atoms with E-state index in [-0.39, 0.29) is 11.0 Å². The molecule has 0 fully saturated rings. The first-order valence-corrected chi connectivity index (χ1v) is 7.33. The summed E-state index contributed by atoms with van der Waals surface area (Å²) in [4.78, 5) is 11.2. The van der Waals surface area contributed by atoms with Gasteiger partial charge in [0.05, 0.1) is 0 Å². The zero-order valence-electron chi connectivity index (χ0n) is 13.0. The van der Waals surface area contributed by atoms with Crippen molar-refractivity contribution < 1.29 is 4.42 Å². The molecule has 0 saturated carbocycles. The standard InChI is InChI=1S/C19H19NO2/c1-19(2,3)14-5-7-15(8-6-14)20-16-9-10-17-13(12-16)4-11-18(21)22-17/h4-12,20H,1-3H3. The molecule has 112 valence electrons. The minimum atomic E-state index is -0.328. The predicted molar refractivity (Wildman–Crippen MR) is 90.9 cm³/mol. The number of hydrogen-bond acceptors (Lipinski definition) is 3. The topological polar surface area (TPSA) is 42.2 Å². The van der Waals surface area contributed by atoms with Gasteiger partial charge in [0.25, 0.3) is 0 Å². The molecule has 1 N–H and O–H groups in total. The summed E-state index contributed by atoms with van der Waals surface area (Å²) < 4.78 is 5.14. The van der Waals surface area contributed by atoms with Crippen molar-refractivity contribution in [3.05, 3.63) is 70.6 Å². The lowest BCUT2D eigenvalue weighted by molar-refractivity contribution is 0.561. The van der Waals surface area contributed by atoms with E-state index in [4.69, 9.17) is 4.42 Å². The van der Waals surface area contributed by atoms with Crippen molar-refractivity contribution in [2.45, 2.75) is 26.2 Å². The highest BCUT2D eigenvalue weighted by Crippen LogP contribution is 2.26. The monoisotopic (exact) mass is 293 g/mol. The highest BCUT2D eigenvalue weighted by molar-refractivity contribution is 5.81. The number of anilines is 2. The van der Waals surface area contributed by atoms with Gasteiger partial charge in [-0.1, -0.05) is 32.9 Å². The molecular weight excluding hydrogens is 274 g/mol. The minimum Gasteiger partial charge on any atom is -0.423 e. The maximum atomic E-state index is 11.2. The first-order chi connectivity index (χ1) is 10.4. The Morgan fingerprint density at radius 1 is 0.864 bits per heavy atom. The molecule has 0 spiro atoms. The van der Waals surface area contributed by atoms with Gasteiger partial charge < -0.3 is 9.73 Å². The van der Waals surface area contributed by atoms with Crippen molar-refractivity contribution in [1.82, 2.24) is 0 Å². The highest BCUT2D eigenvalue weighted by Gasteiger charge is 2.12. The number of hydrogen-bond donors (Lipinski definition) is 1. The summed E-state index contributed by atoms with van der Waals surface area (Å²) in [7, 11) is 0. The fourth-order valence-corrected chi connectivity index (χ4v) is 2.37. The Labute approximate surface area is 129 Å². The predicted octanol–water partition coefficient (Wildman–Crippen LogP) is 4.83. The largest absolute Gasteiger partial charge is 0.423 e. The quantitative estimate of drug-likeness (QED) is 0.688. The van der Waals surface area contributed by atoms with Crippen LogP contribution in [0.4, 0.5) is 11.4 Å². The second-order valence-electron chi connectivity index (χ2n) is 6.46. The van der Waals surface area contributed by atoms with E-state index in [0.29, 0.717) is 5.58 Å². The van der Waals surface area contributed by atoms with Crippen molar-refractivity contribution in [2.24, 2.45) is 0 Å². The van der Waals surface area contributed by atoms with E-state index >= 15 is 0 Å². The third kappa shape index (κ3) is 3.03. The van der Waals surface area contributed by atoms with Crippen LogP contribution in [0.1, 0.15) is 26.3 Å². The molecule has 0 aliphatic carbocycles. The molecule has 3 heteroatoms. The average molecular weight is 293 g/mol. The molecule has 0 amide bonds. The zero-order chi connectivity index (χ0) is 15.7. The Hall–Kier alpha value is -2.55. The van der Waals surface area contributed by atoms with Crippen LogP contribution in [0.15, 0.2) is 63.8 Å². The van der Waals surface area contributed by atoms with E-state index in [1.54, 1.807) is 6.07 Å². The molecular formula is C19H19NO2. The lowest BCUT2D eigenvalue weighted by Gasteiger charge is -2.19. The van der Waals surface area contributed by atoms with Crippen molar-refractivity contribution >= 4 is 22.3 Å². The summed E-state index contributed by atoms with van der Waals surface area (Å²) in [5.74, 6) is 0. The van der Waals surface area contributed by atoms with Gasteiger partial charge in [0.2, 0.25) is 0 Å². The molecule has 0 unspecified atom stereocenters. The Morgan fingerprint density at radius 2 is 1.55 bits per heavy atom. The summed E-state index contributed by atoms with van der Waals surface area (Å²) in [6.45, 7) is 6.60. The van der Waals surface area contributed by atoms with Gasteiger partial charge in [-0.2, -0.15) is 0 Å². The molecule has 1 aromatic heterocycles. The lowest BCUT2D eigenvalue weighted by Crippen LogP contribution is -2.10. The summed E-state index contributed by atoms with van der Waals surface area (Å²) >= 11 is 0. The van der Waals surface area contributed by atoms with Gasteiger partial charge in [-0.15, -0.1) is 0 Å². The van der Waals surface area contributed by atoms with Crippen molar-refractivity contribution in [3.63, 3.8) is 0 Å². The first-order valence-electron chi connectivity index (χ1n) is 7.33. The highest BCUT2D eigenvalue weighted by atomic mass is 16.4. The fraction of sp³-hybridized carbons (Fsp3) is 0.211. The molecule has 3 rings (SSSR count). The maximum absolute atomic E-state index is 11.2.